The monoisotopic (exact) mass is 234 g/mol. The van der Waals surface area contributed by atoms with Gasteiger partial charge in [0, 0.05) is 30.9 Å². The lowest BCUT2D eigenvalue weighted by Crippen LogP contribution is -2.37. The first kappa shape index (κ1) is 11.6. The second-order valence-corrected chi connectivity index (χ2v) is 3.69. The van der Waals surface area contributed by atoms with Gasteiger partial charge in [-0.05, 0) is 18.2 Å². The number of pyridine rings is 1. The summed E-state index contributed by atoms with van der Waals surface area (Å²) in [5.74, 6) is -0.143. The molecule has 5 nitrogen and oxygen atoms in total. The number of morpholine rings is 1. The van der Waals surface area contributed by atoms with Crippen LogP contribution in [0.15, 0.2) is 24.4 Å². The van der Waals surface area contributed by atoms with Crippen LogP contribution in [0.25, 0.3) is 6.08 Å². The minimum Gasteiger partial charge on any atom is -0.478 e. The SMILES string of the molecule is O=C(O)C=Cc1cccnc1N1CCOCC1. The molecule has 0 bridgehead atoms. The van der Waals surface area contributed by atoms with Gasteiger partial charge >= 0.3 is 5.97 Å². The van der Waals surface area contributed by atoms with E-state index in [0.717, 1.165) is 30.5 Å². The zero-order chi connectivity index (χ0) is 12.1. The molecule has 1 aliphatic rings. The Hall–Kier alpha value is -1.88. The lowest BCUT2D eigenvalue weighted by Gasteiger charge is -2.28. The van der Waals surface area contributed by atoms with Crippen molar-refractivity contribution in [2.45, 2.75) is 0 Å². The number of anilines is 1. The second kappa shape index (κ2) is 5.45. The molecule has 1 saturated heterocycles. The smallest absolute Gasteiger partial charge is 0.328 e. The molecule has 1 N–H and O–H groups in total. The van der Waals surface area contributed by atoms with Crippen LogP contribution in [-0.4, -0.2) is 42.4 Å². The summed E-state index contributed by atoms with van der Waals surface area (Å²) in [5.41, 5.74) is 0.816. The van der Waals surface area contributed by atoms with Gasteiger partial charge in [0.05, 0.1) is 13.2 Å². The van der Waals surface area contributed by atoms with Gasteiger partial charge in [-0.3, -0.25) is 0 Å². The van der Waals surface area contributed by atoms with Gasteiger partial charge in [0.15, 0.2) is 0 Å². The van der Waals surface area contributed by atoms with E-state index >= 15 is 0 Å². The molecule has 5 heteroatoms. The van der Waals surface area contributed by atoms with Crippen LogP contribution < -0.4 is 4.90 Å². The fourth-order valence-corrected chi connectivity index (χ4v) is 1.74. The van der Waals surface area contributed by atoms with Crippen molar-refractivity contribution in [3.05, 3.63) is 30.0 Å². The Balaban J connectivity index is 2.23. The fraction of sp³-hybridized carbons (Fsp3) is 0.333. The van der Waals surface area contributed by atoms with Gasteiger partial charge in [-0.25, -0.2) is 9.78 Å². The Morgan fingerprint density at radius 1 is 1.47 bits per heavy atom. The van der Waals surface area contributed by atoms with Crippen LogP contribution in [0.5, 0.6) is 0 Å². The Kier molecular flexibility index (Phi) is 3.72. The van der Waals surface area contributed by atoms with Crippen LogP contribution >= 0.6 is 0 Å². The summed E-state index contributed by atoms with van der Waals surface area (Å²) in [6.07, 6.45) is 4.41. The van der Waals surface area contributed by atoms with Crippen molar-refractivity contribution in [3.63, 3.8) is 0 Å². The minimum absolute atomic E-state index is 0.679. The molecular weight excluding hydrogens is 220 g/mol. The summed E-state index contributed by atoms with van der Waals surface area (Å²) in [6, 6.07) is 3.66. The number of rotatable bonds is 3. The largest absolute Gasteiger partial charge is 0.478 e. The number of aromatic nitrogens is 1. The zero-order valence-electron chi connectivity index (χ0n) is 9.37. The quantitative estimate of drug-likeness (QED) is 0.791. The average Bonchev–Trinajstić information content (AvgIpc) is 2.38. The van der Waals surface area contributed by atoms with Crippen molar-refractivity contribution in [2.75, 3.05) is 31.2 Å². The topological polar surface area (TPSA) is 62.7 Å². The highest BCUT2D eigenvalue weighted by Crippen LogP contribution is 2.19. The van der Waals surface area contributed by atoms with E-state index in [1.807, 2.05) is 6.07 Å². The number of nitrogens with zero attached hydrogens (tertiary/aromatic N) is 2. The Bertz CT molecular complexity index is 426. The van der Waals surface area contributed by atoms with Crippen molar-refractivity contribution in [2.24, 2.45) is 0 Å². The number of hydrogen-bond acceptors (Lipinski definition) is 4. The third-order valence-corrected chi connectivity index (χ3v) is 2.53. The highest BCUT2D eigenvalue weighted by molar-refractivity contribution is 5.86. The summed E-state index contributed by atoms with van der Waals surface area (Å²) in [7, 11) is 0. The van der Waals surface area contributed by atoms with E-state index in [1.165, 1.54) is 0 Å². The maximum absolute atomic E-state index is 10.5. The highest BCUT2D eigenvalue weighted by Gasteiger charge is 2.14. The van der Waals surface area contributed by atoms with Crippen LogP contribution in [0, 0.1) is 0 Å². The highest BCUT2D eigenvalue weighted by atomic mass is 16.5. The van der Waals surface area contributed by atoms with Crippen molar-refractivity contribution in [1.82, 2.24) is 4.98 Å². The van der Waals surface area contributed by atoms with E-state index in [-0.39, 0.29) is 0 Å². The molecule has 0 spiro atoms. The number of carboxylic acid groups (broad SMARTS) is 1. The van der Waals surface area contributed by atoms with Crippen LogP contribution in [0.3, 0.4) is 0 Å². The van der Waals surface area contributed by atoms with E-state index in [9.17, 15) is 4.79 Å². The second-order valence-electron chi connectivity index (χ2n) is 3.69. The predicted octanol–water partition coefficient (Wildman–Crippen LogP) is 1.02. The van der Waals surface area contributed by atoms with Crippen LogP contribution in [0.1, 0.15) is 5.56 Å². The van der Waals surface area contributed by atoms with Gasteiger partial charge in [0.1, 0.15) is 5.82 Å². The molecule has 90 valence electrons. The van der Waals surface area contributed by atoms with Crippen LogP contribution in [-0.2, 0) is 9.53 Å². The third-order valence-electron chi connectivity index (χ3n) is 2.53. The van der Waals surface area contributed by atoms with Gasteiger partial charge in [0.25, 0.3) is 0 Å². The van der Waals surface area contributed by atoms with E-state index < -0.39 is 5.97 Å². The zero-order valence-corrected chi connectivity index (χ0v) is 9.37. The normalized spacial score (nSPS) is 16.4. The van der Waals surface area contributed by atoms with Crippen LogP contribution in [0.4, 0.5) is 5.82 Å². The van der Waals surface area contributed by atoms with Crippen molar-refractivity contribution in [1.29, 1.82) is 0 Å². The number of aliphatic carboxylic acids is 1. The van der Waals surface area contributed by atoms with E-state index in [2.05, 4.69) is 9.88 Å². The molecule has 0 atom stereocenters. The van der Waals surface area contributed by atoms with Gasteiger partial charge in [-0.1, -0.05) is 0 Å². The maximum Gasteiger partial charge on any atom is 0.328 e. The van der Waals surface area contributed by atoms with E-state index in [4.69, 9.17) is 9.84 Å². The first-order chi connectivity index (χ1) is 8.27. The van der Waals surface area contributed by atoms with Crippen molar-refractivity contribution in [3.8, 4) is 0 Å². The van der Waals surface area contributed by atoms with Crippen molar-refractivity contribution < 1.29 is 14.6 Å². The number of ether oxygens (including phenoxy) is 1. The summed E-state index contributed by atoms with van der Waals surface area (Å²) in [4.78, 5) is 16.9. The fourth-order valence-electron chi connectivity index (χ4n) is 1.74. The summed E-state index contributed by atoms with van der Waals surface area (Å²) in [6.45, 7) is 2.92. The summed E-state index contributed by atoms with van der Waals surface area (Å²) < 4.78 is 5.28. The summed E-state index contributed by atoms with van der Waals surface area (Å²) in [5, 5.41) is 8.64. The molecule has 0 saturated carbocycles. The molecule has 1 aliphatic heterocycles. The number of carbonyl (C=O) groups is 1. The molecule has 1 aromatic rings. The number of hydrogen-bond donors (Lipinski definition) is 1. The molecule has 0 radical (unpaired) electrons. The molecule has 1 aromatic heterocycles. The molecule has 1 fully saturated rings. The Morgan fingerprint density at radius 3 is 2.94 bits per heavy atom. The Labute approximate surface area is 99.3 Å². The van der Waals surface area contributed by atoms with Crippen LogP contribution in [0.2, 0.25) is 0 Å². The van der Waals surface area contributed by atoms with Crippen molar-refractivity contribution >= 4 is 17.9 Å². The average molecular weight is 234 g/mol. The number of carboxylic acids is 1. The lowest BCUT2D eigenvalue weighted by atomic mass is 10.2. The molecular formula is C12H14N2O3. The first-order valence-electron chi connectivity index (χ1n) is 5.46. The maximum atomic E-state index is 10.5. The van der Waals surface area contributed by atoms with Gasteiger partial charge < -0.3 is 14.7 Å². The third kappa shape index (κ3) is 3.04. The standard InChI is InChI=1S/C12H14N2O3/c15-11(16)4-3-10-2-1-5-13-12(10)14-6-8-17-9-7-14/h1-5H,6-9H2,(H,15,16). The summed E-state index contributed by atoms with van der Waals surface area (Å²) >= 11 is 0. The molecule has 2 rings (SSSR count). The molecule has 0 amide bonds. The molecule has 0 unspecified atom stereocenters. The van der Waals surface area contributed by atoms with Gasteiger partial charge in [0.2, 0.25) is 0 Å². The van der Waals surface area contributed by atoms with Gasteiger partial charge in [-0.15, -0.1) is 0 Å². The van der Waals surface area contributed by atoms with E-state index in [1.54, 1.807) is 18.3 Å². The molecule has 0 aromatic carbocycles. The predicted molar refractivity (Wildman–Crippen MR) is 63.9 cm³/mol. The first-order valence-corrected chi connectivity index (χ1v) is 5.46. The van der Waals surface area contributed by atoms with Gasteiger partial charge in [-0.2, -0.15) is 0 Å². The molecule has 17 heavy (non-hydrogen) atoms. The minimum atomic E-state index is -0.957. The lowest BCUT2D eigenvalue weighted by molar-refractivity contribution is -0.131. The molecule has 0 aliphatic carbocycles. The van der Waals surface area contributed by atoms with E-state index in [0.29, 0.717) is 13.2 Å². The molecule has 2 heterocycles. The Morgan fingerprint density at radius 2 is 2.24 bits per heavy atom.